The first-order valence-electron chi connectivity index (χ1n) is 6.94. The van der Waals surface area contributed by atoms with E-state index >= 15 is 0 Å². The molecule has 0 spiro atoms. The molecule has 0 aliphatic heterocycles. The Morgan fingerprint density at radius 1 is 1.37 bits per heavy atom. The first kappa shape index (κ1) is 18.1. The minimum atomic E-state index is -0.900. The number of nitrogens with one attached hydrogen (secondary N) is 1. The van der Waals surface area contributed by atoms with E-state index in [0.29, 0.717) is 25.0 Å². The first-order chi connectivity index (χ1) is 8.91. The van der Waals surface area contributed by atoms with E-state index in [1.54, 1.807) is 6.26 Å². The van der Waals surface area contributed by atoms with Gasteiger partial charge in [-0.25, -0.2) is 0 Å². The van der Waals surface area contributed by atoms with Crippen LogP contribution in [0.25, 0.3) is 0 Å². The van der Waals surface area contributed by atoms with Crippen molar-refractivity contribution in [2.24, 2.45) is 5.41 Å². The summed E-state index contributed by atoms with van der Waals surface area (Å²) in [6.45, 7) is 5.86. The minimum absolute atomic E-state index is 0.0437. The van der Waals surface area contributed by atoms with Crippen LogP contribution in [0, 0.1) is 16.7 Å². The Morgan fingerprint density at radius 2 is 1.89 bits per heavy atom. The third kappa shape index (κ3) is 6.20. The average molecular weight is 286 g/mol. The van der Waals surface area contributed by atoms with Gasteiger partial charge in [-0.15, -0.1) is 0 Å². The molecule has 0 rings (SSSR count). The molecule has 4 nitrogen and oxygen atoms in total. The Bertz CT molecular complexity index is 344. The van der Waals surface area contributed by atoms with Gasteiger partial charge in [0.25, 0.3) is 0 Å². The topological polar surface area (TPSA) is 70.0 Å². The molecule has 0 heterocycles. The molecular weight excluding hydrogens is 260 g/mol. The van der Waals surface area contributed by atoms with E-state index in [1.165, 1.54) is 0 Å². The molecule has 0 bridgehead atoms. The largest absolute Gasteiger partial charge is 0.352 e. The van der Waals surface area contributed by atoms with Crippen molar-refractivity contribution in [2.75, 3.05) is 12.0 Å². The molecule has 5 heteroatoms. The lowest BCUT2D eigenvalue weighted by Gasteiger charge is -2.26. The Balaban J connectivity index is 4.64. The highest BCUT2D eigenvalue weighted by molar-refractivity contribution is 7.84. The zero-order valence-electron chi connectivity index (χ0n) is 12.5. The van der Waals surface area contributed by atoms with Crippen LogP contribution in [0.15, 0.2) is 0 Å². The maximum absolute atomic E-state index is 12.3. The zero-order valence-corrected chi connectivity index (χ0v) is 13.3. The Hall–Kier alpha value is -0.890. The molecule has 1 amide bonds. The van der Waals surface area contributed by atoms with Crippen LogP contribution in [0.2, 0.25) is 0 Å². The fraction of sp³-hybridized carbons (Fsp3) is 0.857. The molecular formula is C14H26N2O2S. The molecule has 0 fully saturated rings. The maximum atomic E-state index is 12.3. The van der Waals surface area contributed by atoms with Crippen LogP contribution in [0.5, 0.6) is 0 Å². The summed E-state index contributed by atoms with van der Waals surface area (Å²) in [4.78, 5) is 12.3. The van der Waals surface area contributed by atoms with Crippen LogP contribution >= 0.6 is 0 Å². The molecule has 0 saturated carbocycles. The second-order valence-electron chi connectivity index (χ2n) is 5.13. The first-order valence-corrected chi connectivity index (χ1v) is 8.66. The molecule has 0 aromatic rings. The third-order valence-electron chi connectivity index (χ3n) is 3.22. The summed E-state index contributed by atoms with van der Waals surface area (Å²) in [6, 6.07) is 2.17. The van der Waals surface area contributed by atoms with Crippen molar-refractivity contribution >= 4 is 16.7 Å². The van der Waals surface area contributed by atoms with Crippen molar-refractivity contribution in [2.45, 2.75) is 58.9 Å². The highest BCUT2D eigenvalue weighted by Gasteiger charge is 2.37. The van der Waals surface area contributed by atoms with Crippen molar-refractivity contribution in [1.82, 2.24) is 5.32 Å². The van der Waals surface area contributed by atoms with Gasteiger partial charge < -0.3 is 5.32 Å². The van der Waals surface area contributed by atoms with E-state index < -0.39 is 16.2 Å². The van der Waals surface area contributed by atoms with Crippen molar-refractivity contribution in [1.29, 1.82) is 5.26 Å². The van der Waals surface area contributed by atoms with Gasteiger partial charge in [-0.2, -0.15) is 5.26 Å². The van der Waals surface area contributed by atoms with Gasteiger partial charge in [-0.05, 0) is 26.2 Å². The van der Waals surface area contributed by atoms with Gasteiger partial charge >= 0.3 is 0 Å². The molecule has 2 atom stereocenters. The van der Waals surface area contributed by atoms with Crippen molar-refractivity contribution in [3.8, 4) is 6.07 Å². The lowest BCUT2D eigenvalue weighted by atomic mass is 9.79. The maximum Gasteiger partial charge on any atom is 0.240 e. The van der Waals surface area contributed by atoms with E-state index in [9.17, 15) is 14.3 Å². The van der Waals surface area contributed by atoms with E-state index in [1.807, 2.05) is 20.8 Å². The summed E-state index contributed by atoms with van der Waals surface area (Å²) in [5.74, 6) is 0.399. The molecule has 0 aliphatic carbocycles. The minimum Gasteiger partial charge on any atom is -0.352 e. The van der Waals surface area contributed by atoms with E-state index in [4.69, 9.17) is 0 Å². The summed E-state index contributed by atoms with van der Waals surface area (Å²) in [7, 11) is -0.847. The highest BCUT2D eigenvalue weighted by atomic mass is 32.2. The predicted molar refractivity (Wildman–Crippen MR) is 79.0 cm³/mol. The summed E-state index contributed by atoms with van der Waals surface area (Å²) in [5, 5.41) is 12.3. The molecule has 1 N–H and O–H groups in total. The molecule has 2 unspecified atom stereocenters. The molecule has 0 radical (unpaired) electrons. The molecule has 0 aromatic carbocycles. The summed E-state index contributed by atoms with van der Waals surface area (Å²) < 4.78 is 11.0. The Morgan fingerprint density at radius 3 is 2.26 bits per heavy atom. The van der Waals surface area contributed by atoms with Gasteiger partial charge in [0.15, 0.2) is 0 Å². The monoisotopic (exact) mass is 286 g/mol. The number of hydrogen-bond acceptors (Lipinski definition) is 3. The summed E-state index contributed by atoms with van der Waals surface area (Å²) in [6.07, 6.45) is 5.14. The van der Waals surface area contributed by atoms with Gasteiger partial charge in [0.1, 0.15) is 5.41 Å². The summed E-state index contributed by atoms with van der Waals surface area (Å²) in [5.41, 5.74) is -0.900. The molecule has 110 valence electrons. The quantitative estimate of drug-likeness (QED) is 0.707. The Kier molecular flexibility index (Phi) is 8.66. The lowest BCUT2D eigenvalue weighted by molar-refractivity contribution is -0.129. The summed E-state index contributed by atoms with van der Waals surface area (Å²) >= 11 is 0. The number of nitriles is 1. The second kappa shape index (κ2) is 9.08. The van der Waals surface area contributed by atoms with Crippen LogP contribution in [0.1, 0.15) is 52.9 Å². The van der Waals surface area contributed by atoms with E-state index in [2.05, 4.69) is 11.4 Å². The highest BCUT2D eigenvalue weighted by Crippen LogP contribution is 2.29. The van der Waals surface area contributed by atoms with Crippen molar-refractivity contribution in [3.63, 3.8) is 0 Å². The molecule has 19 heavy (non-hydrogen) atoms. The number of carbonyl (C=O) groups excluding carboxylic acids is 1. The fourth-order valence-electron chi connectivity index (χ4n) is 2.15. The lowest BCUT2D eigenvalue weighted by Crippen LogP contribution is -2.44. The fourth-order valence-corrected chi connectivity index (χ4v) is 2.83. The number of nitrogens with zero attached hydrogens (tertiary/aromatic N) is 1. The van der Waals surface area contributed by atoms with Crippen LogP contribution in [0.4, 0.5) is 0 Å². The average Bonchev–Trinajstić information content (AvgIpc) is 2.35. The van der Waals surface area contributed by atoms with Gasteiger partial charge in [0.05, 0.1) is 6.07 Å². The van der Waals surface area contributed by atoms with Crippen molar-refractivity contribution < 1.29 is 9.00 Å². The van der Waals surface area contributed by atoms with Crippen LogP contribution < -0.4 is 5.32 Å². The number of rotatable bonds is 9. The Labute approximate surface area is 119 Å². The van der Waals surface area contributed by atoms with Crippen LogP contribution in [0.3, 0.4) is 0 Å². The number of carbonyl (C=O) groups is 1. The SMILES string of the molecule is CCCC(C#N)(CCC)C(=O)NC(C)CCS(C)=O. The second-order valence-corrected chi connectivity index (χ2v) is 6.69. The van der Waals surface area contributed by atoms with Crippen molar-refractivity contribution in [3.05, 3.63) is 0 Å². The predicted octanol–water partition coefficient (Wildman–Crippen LogP) is 2.37. The smallest absolute Gasteiger partial charge is 0.240 e. The zero-order chi connectivity index (χ0) is 14.9. The van der Waals surface area contributed by atoms with Gasteiger partial charge in [-0.3, -0.25) is 9.00 Å². The number of hydrogen-bond donors (Lipinski definition) is 1. The molecule has 0 aliphatic rings. The van der Waals surface area contributed by atoms with Gasteiger partial charge in [0.2, 0.25) is 5.91 Å². The van der Waals surface area contributed by atoms with Gasteiger partial charge in [-0.1, -0.05) is 26.7 Å². The standard InChI is InChI=1S/C14H26N2O2S/c1-5-8-14(11-15,9-6-2)13(17)16-12(3)7-10-19(4)18/h12H,5-10H2,1-4H3,(H,16,17). The van der Waals surface area contributed by atoms with E-state index in [0.717, 1.165) is 12.8 Å². The van der Waals surface area contributed by atoms with Gasteiger partial charge in [0, 0.05) is 28.9 Å². The molecule has 0 aromatic heterocycles. The number of amides is 1. The normalized spacial score (nSPS) is 14.5. The molecule has 0 saturated heterocycles. The van der Waals surface area contributed by atoms with Crippen LogP contribution in [-0.2, 0) is 15.6 Å². The van der Waals surface area contributed by atoms with Crippen LogP contribution in [-0.4, -0.2) is 28.2 Å². The van der Waals surface area contributed by atoms with E-state index in [-0.39, 0.29) is 11.9 Å². The third-order valence-corrected chi connectivity index (χ3v) is 4.03.